The van der Waals surface area contributed by atoms with E-state index < -0.39 is 0 Å². The monoisotopic (exact) mass is 577 g/mol. The Labute approximate surface area is 259 Å². The molecule has 0 atom stereocenters. The molecule has 1 heterocycles. The number of hydrogen-bond acceptors (Lipinski definition) is 2. The zero-order valence-corrected chi connectivity index (χ0v) is 24.8. The molecule has 0 saturated heterocycles. The normalized spacial score (nSPS) is 11.6. The van der Waals surface area contributed by atoms with Gasteiger partial charge in [-0.3, -0.25) is 0 Å². The lowest BCUT2D eigenvalue weighted by atomic mass is 9.98. The van der Waals surface area contributed by atoms with E-state index >= 15 is 0 Å². The predicted octanol–water partition coefficient (Wildman–Crippen LogP) is 12.7. The second kappa shape index (κ2) is 10.1. The van der Waals surface area contributed by atoms with Crippen molar-refractivity contribution in [3.63, 3.8) is 0 Å². The summed E-state index contributed by atoms with van der Waals surface area (Å²) in [6.07, 6.45) is 0. The molecule has 0 N–H and O–H groups in total. The SMILES string of the molecule is c1ccc(-c2cccc(N(c3ccc4cc5c(cc4c3)sc3ccccc35)c3cc4ccccc4c4ccccc34)c2)cc1. The lowest BCUT2D eigenvalue weighted by molar-refractivity contribution is 1.31. The molecule has 206 valence electrons. The van der Waals surface area contributed by atoms with E-state index in [0.717, 1.165) is 11.4 Å². The average Bonchev–Trinajstić information content (AvgIpc) is 3.45. The van der Waals surface area contributed by atoms with E-state index in [9.17, 15) is 0 Å². The van der Waals surface area contributed by atoms with E-state index in [2.05, 4.69) is 169 Å². The molecular weight excluding hydrogens is 551 g/mol. The Hall–Kier alpha value is -5.44. The molecule has 1 nitrogen and oxygen atoms in total. The molecule has 9 aromatic rings. The second-order valence-electron chi connectivity index (χ2n) is 11.4. The number of anilines is 3. The number of nitrogens with zero attached hydrogens (tertiary/aromatic N) is 1. The minimum atomic E-state index is 1.13. The topological polar surface area (TPSA) is 3.24 Å². The van der Waals surface area contributed by atoms with Crippen molar-refractivity contribution in [3.8, 4) is 11.1 Å². The van der Waals surface area contributed by atoms with E-state index in [1.807, 2.05) is 11.3 Å². The molecule has 44 heavy (non-hydrogen) atoms. The Kier molecular flexibility index (Phi) is 5.75. The summed E-state index contributed by atoms with van der Waals surface area (Å²) in [6.45, 7) is 0. The van der Waals surface area contributed by atoms with Crippen molar-refractivity contribution in [1.82, 2.24) is 0 Å². The summed E-state index contributed by atoms with van der Waals surface area (Å²) in [5.74, 6) is 0. The molecule has 0 saturated carbocycles. The van der Waals surface area contributed by atoms with Gasteiger partial charge in [0, 0.05) is 36.9 Å². The van der Waals surface area contributed by atoms with Crippen molar-refractivity contribution in [3.05, 3.63) is 164 Å². The molecule has 0 radical (unpaired) electrons. The fourth-order valence-corrected chi connectivity index (χ4v) is 7.83. The summed E-state index contributed by atoms with van der Waals surface area (Å²) >= 11 is 1.87. The first kappa shape index (κ1) is 25.1. The molecule has 2 heteroatoms. The first-order chi connectivity index (χ1) is 21.8. The van der Waals surface area contributed by atoms with Gasteiger partial charge in [0.05, 0.1) is 5.69 Å². The van der Waals surface area contributed by atoms with Crippen molar-refractivity contribution in [2.45, 2.75) is 0 Å². The van der Waals surface area contributed by atoms with Crippen LogP contribution in [0.15, 0.2) is 164 Å². The van der Waals surface area contributed by atoms with Gasteiger partial charge in [-0.2, -0.15) is 0 Å². The number of rotatable bonds is 4. The van der Waals surface area contributed by atoms with Gasteiger partial charge in [-0.05, 0) is 86.6 Å². The lowest BCUT2D eigenvalue weighted by Gasteiger charge is -2.28. The summed E-state index contributed by atoms with van der Waals surface area (Å²) in [7, 11) is 0. The van der Waals surface area contributed by atoms with Crippen molar-refractivity contribution in [2.24, 2.45) is 0 Å². The molecule has 0 fully saturated rings. The first-order valence-electron chi connectivity index (χ1n) is 15.0. The van der Waals surface area contributed by atoms with Crippen LogP contribution in [0, 0.1) is 0 Å². The lowest BCUT2D eigenvalue weighted by Crippen LogP contribution is -2.11. The molecule has 0 unspecified atom stereocenters. The van der Waals surface area contributed by atoms with E-state index in [4.69, 9.17) is 0 Å². The highest BCUT2D eigenvalue weighted by atomic mass is 32.1. The summed E-state index contributed by atoms with van der Waals surface area (Å²) in [5.41, 5.74) is 5.86. The Morgan fingerprint density at radius 3 is 1.93 bits per heavy atom. The van der Waals surface area contributed by atoms with Crippen molar-refractivity contribution < 1.29 is 0 Å². The molecule has 1 aromatic heterocycles. The zero-order valence-electron chi connectivity index (χ0n) is 23.9. The van der Waals surface area contributed by atoms with E-state index in [1.165, 1.54) is 69.3 Å². The molecule has 0 amide bonds. The molecule has 0 aliphatic heterocycles. The summed E-state index contributed by atoms with van der Waals surface area (Å²) < 4.78 is 2.66. The Morgan fingerprint density at radius 2 is 1.05 bits per heavy atom. The zero-order chi connectivity index (χ0) is 29.0. The van der Waals surface area contributed by atoms with Gasteiger partial charge in [0.1, 0.15) is 0 Å². The molecule has 0 aliphatic rings. The standard InChI is InChI=1S/C42H27NS/c1-2-11-28(12-3-1)29-14-10-15-33(23-29)43(40-26-31-13-4-5-16-35(31)36-17-6-7-18-37(36)40)34-22-21-30-25-39-38-19-8-9-20-41(38)44-42(39)27-32(30)24-34/h1-27H. The van der Waals surface area contributed by atoms with Gasteiger partial charge in [-0.25, -0.2) is 0 Å². The van der Waals surface area contributed by atoms with Crippen LogP contribution in [-0.4, -0.2) is 0 Å². The molecule has 0 bridgehead atoms. The van der Waals surface area contributed by atoms with Crippen LogP contribution in [0.25, 0.3) is 63.6 Å². The number of hydrogen-bond donors (Lipinski definition) is 0. The van der Waals surface area contributed by atoms with Gasteiger partial charge in [0.2, 0.25) is 0 Å². The summed E-state index contributed by atoms with van der Waals surface area (Å²) in [4.78, 5) is 2.44. The predicted molar refractivity (Wildman–Crippen MR) is 192 cm³/mol. The van der Waals surface area contributed by atoms with Crippen LogP contribution in [0.5, 0.6) is 0 Å². The molecule has 9 rings (SSSR count). The van der Waals surface area contributed by atoms with Gasteiger partial charge in [-0.15, -0.1) is 11.3 Å². The third kappa shape index (κ3) is 4.07. The van der Waals surface area contributed by atoms with Crippen molar-refractivity contribution >= 4 is 80.9 Å². The maximum absolute atomic E-state index is 2.44. The van der Waals surface area contributed by atoms with E-state index in [1.54, 1.807) is 0 Å². The van der Waals surface area contributed by atoms with Crippen molar-refractivity contribution in [2.75, 3.05) is 4.90 Å². The van der Waals surface area contributed by atoms with E-state index in [-0.39, 0.29) is 0 Å². The first-order valence-corrected chi connectivity index (χ1v) is 15.8. The minimum absolute atomic E-state index is 1.13. The number of thiophene rings is 1. The van der Waals surface area contributed by atoms with Crippen LogP contribution >= 0.6 is 11.3 Å². The van der Waals surface area contributed by atoms with Crippen LogP contribution in [-0.2, 0) is 0 Å². The highest BCUT2D eigenvalue weighted by Gasteiger charge is 2.19. The molecule has 0 spiro atoms. The third-order valence-corrected chi connectivity index (χ3v) is 9.91. The molecular formula is C42H27NS. The van der Waals surface area contributed by atoms with Gasteiger partial charge in [0.15, 0.2) is 0 Å². The quantitative estimate of drug-likeness (QED) is 0.188. The van der Waals surface area contributed by atoms with Crippen molar-refractivity contribution in [1.29, 1.82) is 0 Å². The van der Waals surface area contributed by atoms with Crippen LogP contribution in [0.4, 0.5) is 17.1 Å². The maximum atomic E-state index is 2.44. The Morgan fingerprint density at radius 1 is 0.341 bits per heavy atom. The highest BCUT2D eigenvalue weighted by Crippen LogP contribution is 2.44. The van der Waals surface area contributed by atoms with E-state index in [0.29, 0.717) is 0 Å². The molecule has 8 aromatic carbocycles. The van der Waals surface area contributed by atoms with Crippen LogP contribution in [0.2, 0.25) is 0 Å². The van der Waals surface area contributed by atoms with Crippen LogP contribution < -0.4 is 4.90 Å². The number of fused-ring (bicyclic) bond motifs is 7. The second-order valence-corrected chi connectivity index (χ2v) is 12.5. The van der Waals surface area contributed by atoms with Crippen LogP contribution in [0.1, 0.15) is 0 Å². The van der Waals surface area contributed by atoms with Gasteiger partial charge >= 0.3 is 0 Å². The smallest absolute Gasteiger partial charge is 0.0546 e. The van der Waals surface area contributed by atoms with Gasteiger partial charge < -0.3 is 4.90 Å². The average molecular weight is 578 g/mol. The summed E-state index contributed by atoms with van der Waals surface area (Å²) in [6, 6.07) is 59.8. The third-order valence-electron chi connectivity index (χ3n) is 8.78. The maximum Gasteiger partial charge on any atom is 0.0546 e. The van der Waals surface area contributed by atoms with Gasteiger partial charge in [-0.1, -0.05) is 115 Å². The van der Waals surface area contributed by atoms with Gasteiger partial charge in [0.25, 0.3) is 0 Å². The Bertz CT molecular complexity index is 2510. The Balaban J connectivity index is 1.31. The largest absolute Gasteiger partial charge is 0.310 e. The summed E-state index contributed by atoms with van der Waals surface area (Å²) in [5, 5.41) is 10.2. The fourth-order valence-electron chi connectivity index (χ4n) is 6.70. The fraction of sp³-hybridized carbons (Fsp3) is 0. The minimum Gasteiger partial charge on any atom is -0.310 e. The van der Waals surface area contributed by atoms with Crippen LogP contribution in [0.3, 0.4) is 0 Å². The highest BCUT2D eigenvalue weighted by molar-refractivity contribution is 7.25. The molecule has 0 aliphatic carbocycles. The number of benzene rings is 8.